The van der Waals surface area contributed by atoms with Crippen LogP contribution in [0.2, 0.25) is 0 Å². The van der Waals surface area contributed by atoms with E-state index in [-0.39, 0.29) is 18.6 Å². The molecule has 2 rings (SSSR count). The molecule has 1 amide bonds. The van der Waals surface area contributed by atoms with Gasteiger partial charge in [-0.25, -0.2) is 4.79 Å². The fourth-order valence-corrected chi connectivity index (χ4v) is 2.98. The zero-order valence-corrected chi connectivity index (χ0v) is 14.6. The summed E-state index contributed by atoms with van der Waals surface area (Å²) in [4.78, 5) is 13.9. The summed E-state index contributed by atoms with van der Waals surface area (Å²) in [5.41, 5.74) is -0.597. The highest BCUT2D eigenvalue weighted by molar-refractivity contribution is 5.69. The minimum Gasteiger partial charge on any atom is -0.444 e. The molecule has 1 aromatic rings. The van der Waals surface area contributed by atoms with Gasteiger partial charge in [0, 0.05) is 12.5 Å². The number of halogens is 3. The average molecular weight is 359 g/mol. The Kier molecular flexibility index (Phi) is 5.66. The van der Waals surface area contributed by atoms with E-state index in [9.17, 15) is 23.1 Å². The molecule has 140 valence electrons. The molecule has 1 aromatic carbocycles. The van der Waals surface area contributed by atoms with E-state index >= 15 is 0 Å². The minimum absolute atomic E-state index is 0.0856. The molecule has 1 N–H and O–H groups in total. The number of rotatable bonds is 2. The first-order chi connectivity index (χ1) is 11.5. The van der Waals surface area contributed by atoms with E-state index in [4.69, 9.17) is 4.74 Å². The Labute approximate surface area is 145 Å². The predicted octanol–water partition coefficient (Wildman–Crippen LogP) is 4.18. The second-order valence-electron chi connectivity index (χ2n) is 7.36. The number of hydrogen-bond donors (Lipinski definition) is 1. The first-order valence-corrected chi connectivity index (χ1v) is 8.29. The Morgan fingerprint density at radius 2 is 1.80 bits per heavy atom. The van der Waals surface area contributed by atoms with Crippen LogP contribution in [0.1, 0.15) is 50.7 Å². The second kappa shape index (κ2) is 7.23. The molecule has 0 spiro atoms. The molecule has 1 fully saturated rings. The van der Waals surface area contributed by atoms with E-state index < -0.39 is 23.4 Å². The van der Waals surface area contributed by atoms with Gasteiger partial charge in [0.15, 0.2) is 0 Å². The number of piperidine rings is 1. The maximum absolute atomic E-state index is 12.7. The van der Waals surface area contributed by atoms with Gasteiger partial charge in [-0.2, -0.15) is 13.2 Å². The van der Waals surface area contributed by atoms with E-state index in [0.29, 0.717) is 19.4 Å². The Morgan fingerprint density at radius 3 is 2.28 bits per heavy atom. The zero-order chi connectivity index (χ0) is 18.8. The van der Waals surface area contributed by atoms with Crippen LogP contribution in [-0.2, 0) is 10.9 Å². The highest BCUT2D eigenvalue weighted by atomic mass is 19.4. The molecule has 25 heavy (non-hydrogen) atoms. The highest BCUT2D eigenvalue weighted by Gasteiger charge is 2.35. The van der Waals surface area contributed by atoms with Crippen molar-refractivity contribution >= 4 is 6.09 Å². The van der Waals surface area contributed by atoms with Crippen molar-refractivity contribution in [3.8, 4) is 0 Å². The lowest BCUT2D eigenvalue weighted by atomic mass is 9.87. The molecular weight excluding hydrogens is 335 g/mol. The van der Waals surface area contributed by atoms with Crippen LogP contribution >= 0.6 is 0 Å². The van der Waals surface area contributed by atoms with E-state index in [1.165, 1.54) is 17.0 Å². The summed E-state index contributed by atoms with van der Waals surface area (Å²) >= 11 is 0. The Bertz CT molecular complexity index is 593. The Morgan fingerprint density at radius 1 is 1.20 bits per heavy atom. The minimum atomic E-state index is -4.37. The van der Waals surface area contributed by atoms with Crippen molar-refractivity contribution in [2.75, 3.05) is 13.2 Å². The lowest BCUT2D eigenvalue weighted by Gasteiger charge is -2.39. The zero-order valence-electron chi connectivity index (χ0n) is 14.6. The van der Waals surface area contributed by atoms with E-state index in [2.05, 4.69) is 0 Å². The molecule has 4 nitrogen and oxygen atoms in total. The van der Waals surface area contributed by atoms with Crippen molar-refractivity contribution in [2.45, 2.75) is 57.3 Å². The van der Waals surface area contributed by atoms with Crippen LogP contribution in [0, 0.1) is 0 Å². The number of amides is 1. The van der Waals surface area contributed by atoms with Gasteiger partial charge in [0.2, 0.25) is 0 Å². The summed E-state index contributed by atoms with van der Waals surface area (Å²) < 4.78 is 43.4. The predicted molar refractivity (Wildman–Crippen MR) is 87.2 cm³/mol. The van der Waals surface area contributed by atoms with Crippen LogP contribution in [0.4, 0.5) is 18.0 Å². The molecule has 0 bridgehead atoms. The SMILES string of the molecule is CC(C)(C)OC(=O)N1CC(c2ccc(C(F)(F)F)cc2)CC[C@H]1CO. The number of ether oxygens (including phenoxy) is 1. The summed E-state index contributed by atoms with van der Waals surface area (Å²) in [5.74, 6) is -0.0856. The van der Waals surface area contributed by atoms with Crippen molar-refractivity contribution in [3.05, 3.63) is 35.4 Å². The molecule has 7 heteroatoms. The molecule has 0 radical (unpaired) electrons. The molecule has 2 atom stereocenters. The average Bonchev–Trinajstić information content (AvgIpc) is 2.52. The third-order valence-corrected chi connectivity index (χ3v) is 4.25. The topological polar surface area (TPSA) is 49.8 Å². The Hall–Kier alpha value is -1.76. The fourth-order valence-electron chi connectivity index (χ4n) is 2.98. The van der Waals surface area contributed by atoms with Crippen molar-refractivity contribution in [1.29, 1.82) is 0 Å². The number of nitrogens with zero attached hydrogens (tertiary/aromatic N) is 1. The monoisotopic (exact) mass is 359 g/mol. The second-order valence-corrected chi connectivity index (χ2v) is 7.36. The van der Waals surface area contributed by atoms with Gasteiger partial charge in [-0.15, -0.1) is 0 Å². The van der Waals surface area contributed by atoms with Crippen molar-refractivity contribution < 1.29 is 27.8 Å². The molecular formula is C18H24F3NO3. The molecule has 1 unspecified atom stereocenters. The van der Waals surface area contributed by atoms with Crippen LogP contribution in [-0.4, -0.2) is 40.9 Å². The van der Waals surface area contributed by atoms with Gasteiger partial charge < -0.3 is 14.7 Å². The summed E-state index contributed by atoms with van der Waals surface area (Å²) in [6, 6.07) is 4.71. The first kappa shape index (κ1) is 19.6. The van der Waals surface area contributed by atoms with Gasteiger partial charge in [0.05, 0.1) is 18.2 Å². The summed E-state index contributed by atoms with van der Waals surface area (Å²) in [6.07, 6.45) is -3.62. The van der Waals surface area contributed by atoms with Crippen molar-refractivity contribution in [3.63, 3.8) is 0 Å². The third-order valence-electron chi connectivity index (χ3n) is 4.25. The summed E-state index contributed by atoms with van der Waals surface area (Å²) in [5, 5.41) is 9.52. The van der Waals surface area contributed by atoms with Crippen LogP contribution in [0.5, 0.6) is 0 Å². The van der Waals surface area contributed by atoms with Gasteiger partial charge in [0.1, 0.15) is 5.60 Å². The molecule has 1 saturated heterocycles. The van der Waals surface area contributed by atoms with Crippen LogP contribution < -0.4 is 0 Å². The normalized spacial score (nSPS) is 22.0. The van der Waals surface area contributed by atoms with Crippen LogP contribution in [0.3, 0.4) is 0 Å². The third kappa shape index (κ3) is 5.11. The van der Waals surface area contributed by atoms with Gasteiger partial charge in [0.25, 0.3) is 0 Å². The lowest BCUT2D eigenvalue weighted by Crippen LogP contribution is -2.49. The van der Waals surface area contributed by atoms with E-state index in [1.807, 2.05) is 0 Å². The van der Waals surface area contributed by atoms with Crippen molar-refractivity contribution in [2.24, 2.45) is 0 Å². The number of carbonyl (C=O) groups is 1. The number of carbonyl (C=O) groups excluding carboxylic acids is 1. The van der Waals surface area contributed by atoms with E-state index in [0.717, 1.165) is 17.7 Å². The maximum Gasteiger partial charge on any atom is 0.416 e. The van der Waals surface area contributed by atoms with Gasteiger partial charge in [-0.1, -0.05) is 12.1 Å². The maximum atomic E-state index is 12.7. The highest BCUT2D eigenvalue weighted by Crippen LogP contribution is 2.34. The number of aliphatic hydroxyl groups excluding tert-OH is 1. The smallest absolute Gasteiger partial charge is 0.416 e. The van der Waals surface area contributed by atoms with E-state index in [1.54, 1.807) is 20.8 Å². The van der Waals surface area contributed by atoms with Crippen molar-refractivity contribution in [1.82, 2.24) is 4.90 Å². The Balaban J connectivity index is 2.14. The summed E-state index contributed by atoms with van der Waals surface area (Å²) in [7, 11) is 0. The molecule has 0 saturated carbocycles. The standard InChI is InChI=1S/C18H24F3NO3/c1-17(2,3)25-16(24)22-10-13(6-9-15(22)11-23)12-4-7-14(8-5-12)18(19,20)21/h4-5,7-8,13,15,23H,6,9-11H2,1-3H3/t13?,15-/m0/s1. The molecule has 1 aliphatic rings. The number of likely N-dealkylation sites (tertiary alicyclic amines) is 1. The van der Waals surface area contributed by atoms with Crippen LogP contribution in [0.25, 0.3) is 0 Å². The number of benzene rings is 1. The van der Waals surface area contributed by atoms with Crippen LogP contribution in [0.15, 0.2) is 24.3 Å². The number of aliphatic hydroxyl groups is 1. The molecule has 1 aliphatic heterocycles. The fraction of sp³-hybridized carbons (Fsp3) is 0.611. The first-order valence-electron chi connectivity index (χ1n) is 8.29. The largest absolute Gasteiger partial charge is 0.444 e. The van der Waals surface area contributed by atoms with Gasteiger partial charge in [-0.05, 0) is 51.3 Å². The number of alkyl halides is 3. The lowest BCUT2D eigenvalue weighted by molar-refractivity contribution is -0.137. The quantitative estimate of drug-likeness (QED) is 0.862. The summed E-state index contributed by atoms with van der Waals surface area (Å²) in [6.45, 7) is 5.42. The van der Waals surface area contributed by atoms with Gasteiger partial charge >= 0.3 is 12.3 Å². The molecule has 0 aliphatic carbocycles. The number of hydrogen-bond acceptors (Lipinski definition) is 3. The van der Waals surface area contributed by atoms with Gasteiger partial charge in [-0.3, -0.25) is 0 Å². The molecule has 0 aromatic heterocycles. The molecule has 1 heterocycles.